The minimum absolute atomic E-state index is 0.397. The van der Waals surface area contributed by atoms with E-state index in [2.05, 4.69) is 4.90 Å². The molecule has 2 bridgehead atoms. The standard InChI is InChI=1S/C24H31NO5/c1-26-19-6-5-7-20(13-19)30-15-21-17-8-9-18(12-17)25(21)14-16-10-22(27-2)24(29-4)23(11-16)28-3/h5-7,10-11,13,17-18,21H,8-9,12,14-15H2,1-4H3/t17?,18?,21-/m1/s1. The lowest BCUT2D eigenvalue weighted by Crippen LogP contribution is -2.43. The summed E-state index contributed by atoms with van der Waals surface area (Å²) >= 11 is 0. The lowest BCUT2D eigenvalue weighted by molar-refractivity contribution is 0.0865. The van der Waals surface area contributed by atoms with E-state index < -0.39 is 0 Å². The van der Waals surface area contributed by atoms with E-state index in [0.717, 1.165) is 23.6 Å². The molecule has 162 valence electrons. The van der Waals surface area contributed by atoms with Crippen LogP contribution in [0.15, 0.2) is 36.4 Å². The Labute approximate surface area is 178 Å². The van der Waals surface area contributed by atoms with Crippen molar-refractivity contribution in [2.24, 2.45) is 5.92 Å². The van der Waals surface area contributed by atoms with E-state index in [9.17, 15) is 0 Å². The fraction of sp³-hybridized carbons (Fsp3) is 0.500. The average molecular weight is 414 g/mol. The Hall–Kier alpha value is -2.60. The summed E-state index contributed by atoms with van der Waals surface area (Å²) < 4.78 is 28.0. The predicted molar refractivity (Wildman–Crippen MR) is 115 cm³/mol. The molecule has 30 heavy (non-hydrogen) atoms. The van der Waals surface area contributed by atoms with E-state index in [1.807, 2.05) is 36.4 Å². The van der Waals surface area contributed by atoms with E-state index in [0.29, 0.717) is 41.9 Å². The molecule has 0 aromatic heterocycles. The van der Waals surface area contributed by atoms with Crippen LogP contribution in [-0.2, 0) is 6.54 Å². The van der Waals surface area contributed by atoms with Crippen molar-refractivity contribution < 1.29 is 23.7 Å². The van der Waals surface area contributed by atoms with Crippen molar-refractivity contribution in [1.29, 1.82) is 0 Å². The number of fused-ring (bicyclic) bond motifs is 2. The van der Waals surface area contributed by atoms with Gasteiger partial charge in [-0.15, -0.1) is 0 Å². The maximum absolute atomic E-state index is 6.19. The molecule has 2 fully saturated rings. The Bertz CT molecular complexity index is 845. The molecule has 1 aliphatic carbocycles. The molecule has 0 spiro atoms. The van der Waals surface area contributed by atoms with Crippen molar-refractivity contribution >= 4 is 0 Å². The highest BCUT2D eigenvalue weighted by Gasteiger charge is 2.46. The number of nitrogens with zero attached hydrogens (tertiary/aromatic N) is 1. The van der Waals surface area contributed by atoms with Crippen LogP contribution in [0, 0.1) is 5.92 Å². The molecule has 2 aliphatic rings. The SMILES string of the molecule is COc1cccc(OC[C@@H]2C3CCC(C3)N2Cc2cc(OC)c(OC)c(OC)c2)c1. The van der Waals surface area contributed by atoms with Gasteiger partial charge in [0, 0.05) is 24.7 Å². The van der Waals surface area contributed by atoms with Gasteiger partial charge in [-0.1, -0.05) is 6.07 Å². The molecule has 4 rings (SSSR count). The third-order valence-corrected chi connectivity index (χ3v) is 6.44. The minimum atomic E-state index is 0.397. The lowest BCUT2D eigenvalue weighted by Gasteiger charge is -2.35. The first-order chi connectivity index (χ1) is 14.7. The first kappa shape index (κ1) is 20.7. The van der Waals surface area contributed by atoms with Gasteiger partial charge in [-0.05, 0) is 55.0 Å². The second kappa shape index (κ2) is 9.04. The Morgan fingerprint density at radius 2 is 1.60 bits per heavy atom. The van der Waals surface area contributed by atoms with Gasteiger partial charge < -0.3 is 23.7 Å². The third-order valence-electron chi connectivity index (χ3n) is 6.44. The summed E-state index contributed by atoms with van der Waals surface area (Å²) in [6.07, 6.45) is 3.78. The van der Waals surface area contributed by atoms with E-state index in [4.69, 9.17) is 23.7 Å². The van der Waals surface area contributed by atoms with Crippen LogP contribution in [0.25, 0.3) is 0 Å². The molecule has 1 aliphatic heterocycles. The highest BCUT2D eigenvalue weighted by Crippen LogP contribution is 2.45. The van der Waals surface area contributed by atoms with E-state index in [-0.39, 0.29) is 0 Å². The topological polar surface area (TPSA) is 49.4 Å². The van der Waals surface area contributed by atoms with Crippen LogP contribution in [0.5, 0.6) is 28.7 Å². The summed E-state index contributed by atoms with van der Waals surface area (Å²) in [5, 5.41) is 0. The number of ether oxygens (including phenoxy) is 5. The fourth-order valence-electron chi connectivity index (χ4n) is 4.97. The Kier molecular flexibility index (Phi) is 6.23. The van der Waals surface area contributed by atoms with E-state index in [1.165, 1.54) is 19.3 Å². The zero-order valence-corrected chi connectivity index (χ0v) is 18.2. The molecule has 2 aromatic carbocycles. The van der Waals surface area contributed by atoms with Crippen LogP contribution in [0.1, 0.15) is 24.8 Å². The summed E-state index contributed by atoms with van der Waals surface area (Å²) in [6, 6.07) is 12.9. The van der Waals surface area contributed by atoms with Crippen LogP contribution in [0.2, 0.25) is 0 Å². The Morgan fingerprint density at radius 1 is 0.867 bits per heavy atom. The average Bonchev–Trinajstić information content (AvgIpc) is 3.39. The molecule has 0 N–H and O–H groups in total. The number of piperidine rings is 1. The van der Waals surface area contributed by atoms with Crippen LogP contribution in [0.4, 0.5) is 0 Å². The minimum Gasteiger partial charge on any atom is -0.497 e. The van der Waals surface area contributed by atoms with Crippen LogP contribution >= 0.6 is 0 Å². The highest BCUT2D eigenvalue weighted by atomic mass is 16.5. The lowest BCUT2D eigenvalue weighted by atomic mass is 9.98. The van der Waals surface area contributed by atoms with Crippen molar-refractivity contribution in [3.63, 3.8) is 0 Å². The number of rotatable bonds is 9. The molecule has 6 nitrogen and oxygen atoms in total. The quantitative estimate of drug-likeness (QED) is 0.616. The van der Waals surface area contributed by atoms with Crippen molar-refractivity contribution in [3.05, 3.63) is 42.0 Å². The predicted octanol–water partition coefficient (Wildman–Crippen LogP) is 4.15. The molecule has 1 saturated carbocycles. The third kappa shape index (κ3) is 4.01. The number of hydrogen-bond acceptors (Lipinski definition) is 6. The molecule has 0 amide bonds. The maximum Gasteiger partial charge on any atom is 0.203 e. The normalized spacial score (nSPS) is 22.7. The largest absolute Gasteiger partial charge is 0.497 e. The molecular formula is C24H31NO5. The van der Waals surface area contributed by atoms with Gasteiger partial charge in [0.05, 0.1) is 28.4 Å². The molecule has 0 radical (unpaired) electrons. The number of hydrogen-bond donors (Lipinski definition) is 0. The first-order valence-corrected chi connectivity index (χ1v) is 10.5. The summed E-state index contributed by atoms with van der Waals surface area (Å²) in [6.45, 7) is 1.52. The van der Waals surface area contributed by atoms with Gasteiger partial charge in [-0.3, -0.25) is 4.90 Å². The first-order valence-electron chi connectivity index (χ1n) is 10.5. The summed E-state index contributed by atoms with van der Waals surface area (Å²) in [5.74, 6) is 4.37. The van der Waals surface area contributed by atoms with Gasteiger partial charge in [0.25, 0.3) is 0 Å². The summed E-state index contributed by atoms with van der Waals surface area (Å²) in [5.41, 5.74) is 1.16. The van der Waals surface area contributed by atoms with Gasteiger partial charge in [-0.2, -0.15) is 0 Å². The van der Waals surface area contributed by atoms with Crippen molar-refractivity contribution in [2.45, 2.75) is 37.9 Å². The number of benzene rings is 2. The number of methoxy groups -OCH3 is 4. The van der Waals surface area contributed by atoms with Crippen LogP contribution in [-0.4, -0.2) is 52.0 Å². The summed E-state index contributed by atoms with van der Waals surface area (Å²) in [4.78, 5) is 2.59. The van der Waals surface area contributed by atoms with Gasteiger partial charge in [-0.25, -0.2) is 0 Å². The highest BCUT2D eigenvalue weighted by molar-refractivity contribution is 5.53. The molecule has 1 heterocycles. The molecule has 1 saturated heterocycles. The molecule has 6 heteroatoms. The smallest absolute Gasteiger partial charge is 0.203 e. The monoisotopic (exact) mass is 413 g/mol. The summed E-state index contributed by atoms with van der Waals surface area (Å²) in [7, 11) is 6.62. The van der Waals surface area contributed by atoms with Crippen LogP contribution in [0.3, 0.4) is 0 Å². The Balaban J connectivity index is 1.51. The fourth-order valence-corrected chi connectivity index (χ4v) is 4.97. The second-order valence-electron chi connectivity index (χ2n) is 7.99. The van der Waals surface area contributed by atoms with Crippen LogP contribution < -0.4 is 23.7 Å². The molecule has 3 atom stereocenters. The van der Waals surface area contributed by atoms with Crippen molar-refractivity contribution in [1.82, 2.24) is 4.90 Å². The molecule has 2 unspecified atom stereocenters. The zero-order valence-electron chi connectivity index (χ0n) is 18.2. The maximum atomic E-state index is 6.19. The van der Waals surface area contributed by atoms with Crippen molar-refractivity contribution in [2.75, 3.05) is 35.0 Å². The van der Waals surface area contributed by atoms with Gasteiger partial charge >= 0.3 is 0 Å². The Morgan fingerprint density at radius 3 is 2.27 bits per heavy atom. The van der Waals surface area contributed by atoms with Gasteiger partial charge in [0.1, 0.15) is 18.1 Å². The number of likely N-dealkylation sites (tertiary alicyclic amines) is 1. The van der Waals surface area contributed by atoms with Gasteiger partial charge in [0.15, 0.2) is 11.5 Å². The van der Waals surface area contributed by atoms with Crippen molar-refractivity contribution in [3.8, 4) is 28.7 Å². The van der Waals surface area contributed by atoms with E-state index in [1.54, 1.807) is 28.4 Å². The van der Waals surface area contributed by atoms with Gasteiger partial charge in [0.2, 0.25) is 5.75 Å². The second-order valence-corrected chi connectivity index (χ2v) is 7.99. The molecule has 2 aromatic rings. The van der Waals surface area contributed by atoms with E-state index >= 15 is 0 Å². The zero-order chi connectivity index (χ0) is 21.1. The molecular weight excluding hydrogens is 382 g/mol.